The van der Waals surface area contributed by atoms with Crippen LogP contribution in [0.3, 0.4) is 0 Å². The molecule has 1 aromatic heterocycles. The van der Waals surface area contributed by atoms with Crippen LogP contribution in [0.1, 0.15) is 53.2 Å². The Morgan fingerprint density at radius 2 is 2.11 bits per heavy atom. The number of hydrogen-bond donors (Lipinski definition) is 1. The Morgan fingerprint density at radius 1 is 1.47 bits per heavy atom. The molecule has 106 valence electrons. The highest BCUT2D eigenvalue weighted by molar-refractivity contribution is 7.14. The van der Waals surface area contributed by atoms with E-state index in [9.17, 15) is 4.79 Å². The van der Waals surface area contributed by atoms with E-state index >= 15 is 0 Å². The summed E-state index contributed by atoms with van der Waals surface area (Å²) in [5.41, 5.74) is 1.69. The second kappa shape index (κ2) is 5.63. The van der Waals surface area contributed by atoms with E-state index in [1.165, 1.54) is 36.2 Å². The molecule has 0 bridgehead atoms. The lowest BCUT2D eigenvalue weighted by Crippen LogP contribution is -2.37. The summed E-state index contributed by atoms with van der Waals surface area (Å²) < 4.78 is 0. The molecule has 0 saturated carbocycles. The maximum absolute atomic E-state index is 11.0. The van der Waals surface area contributed by atoms with E-state index in [-0.39, 0.29) is 0 Å². The van der Waals surface area contributed by atoms with Gasteiger partial charge in [-0.05, 0) is 49.9 Å². The van der Waals surface area contributed by atoms with Crippen molar-refractivity contribution in [2.45, 2.75) is 46.6 Å². The molecule has 0 radical (unpaired) electrons. The maximum Gasteiger partial charge on any atom is 0.345 e. The van der Waals surface area contributed by atoms with Crippen molar-refractivity contribution in [2.24, 2.45) is 5.41 Å². The largest absolute Gasteiger partial charge is 0.477 e. The third kappa shape index (κ3) is 3.37. The lowest BCUT2D eigenvalue weighted by molar-refractivity contribution is 0.0702. The summed E-state index contributed by atoms with van der Waals surface area (Å²) in [7, 11) is 0. The van der Waals surface area contributed by atoms with Gasteiger partial charge in [0.2, 0.25) is 0 Å². The smallest absolute Gasteiger partial charge is 0.345 e. The monoisotopic (exact) mass is 281 g/mol. The number of nitrogens with zero attached hydrogens (tertiary/aromatic N) is 1. The maximum atomic E-state index is 11.0. The first-order valence-electron chi connectivity index (χ1n) is 6.98. The minimum absolute atomic E-state index is 0.461. The zero-order chi connectivity index (χ0) is 14.0. The van der Waals surface area contributed by atoms with Crippen LogP contribution in [0.2, 0.25) is 0 Å². The molecular weight excluding hydrogens is 258 g/mol. The van der Waals surface area contributed by atoms with E-state index < -0.39 is 5.97 Å². The van der Waals surface area contributed by atoms with Gasteiger partial charge in [0, 0.05) is 11.4 Å². The third-order valence-electron chi connectivity index (χ3n) is 4.54. The summed E-state index contributed by atoms with van der Waals surface area (Å²) >= 11 is 1.39. The minimum atomic E-state index is -0.809. The zero-order valence-corrected chi connectivity index (χ0v) is 12.8. The number of likely N-dealkylation sites (tertiary alicyclic amines) is 1. The van der Waals surface area contributed by atoms with Crippen molar-refractivity contribution in [1.29, 1.82) is 0 Å². The lowest BCUT2D eigenvalue weighted by Gasteiger charge is -2.38. The normalized spacial score (nSPS) is 19.5. The van der Waals surface area contributed by atoms with Crippen LogP contribution in [-0.2, 0) is 6.54 Å². The first-order valence-corrected chi connectivity index (χ1v) is 7.80. The third-order valence-corrected chi connectivity index (χ3v) is 5.62. The summed E-state index contributed by atoms with van der Waals surface area (Å²) in [6, 6.07) is 1.84. The van der Waals surface area contributed by atoms with Gasteiger partial charge in [-0.2, -0.15) is 0 Å². The number of carbonyl (C=O) groups is 1. The van der Waals surface area contributed by atoms with E-state index in [1.54, 1.807) is 0 Å². The molecule has 2 heterocycles. The molecular formula is C15H23NO2S. The van der Waals surface area contributed by atoms with Crippen LogP contribution in [0, 0.1) is 12.3 Å². The standard InChI is InChI=1S/C15H23NO2S/c1-4-15(3)5-7-16(8-6-15)10-12-9-13(14(17)18)19-11(12)2/h9H,4-8,10H2,1-3H3,(H,17,18). The fraction of sp³-hybridized carbons (Fsp3) is 0.667. The highest BCUT2D eigenvalue weighted by Crippen LogP contribution is 2.34. The number of carboxylic acids is 1. The molecule has 0 amide bonds. The van der Waals surface area contributed by atoms with Gasteiger partial charge < -0.3 is 5.11 Å². The van der Waals surface area contributed by atoms with Crippen molar-refractivity contribution in [3.8, 4) is 0 Å². The predicted octanol–water partition coefficient (Wildman–Crippen LogP) is 3.77. The molecule has 0 aromatic carbocycles. The highest BCUT2D eigenvalue weighted by atomic mass is 32.1. The van der Waals surface area contributed by atoms with Crippen molar-refractivity contribution in [1.82, 2.24) is 4.90 Å². The van der Waals surface area contributed by atoms with Crippen LogP contribution in [0.4, 0.5) is 0 Å². The lowest BCUT2D eigenvalue weighted by atomic mass is 9.78. The van der Waals surface area contributed by atoms with Crippen LogP contribution in [0.25, 0.3) is 0 Å². The Hall–Kier alpha value is -0.870. The summed E-state index contributed by atoms with van der Waals surface area (Å²) in [4.78, 5) is 15.0. The summed E-state index contributed by atoms with van der Waals surface area (Å²) in [6.45, 7) is 9.83. The molecule has 1 fully saturated rings. The van der Waals surface area contributed by atoms with Gasteiger partial charge in [-0.1, -0.05) is 20.3 Å². The molecule has 1 saturated heterocycles. The number of rotatable bonds is 4. The van der Waals surface area contributed by atoms with Crippen LogP contribution in [0.5, 0.6) is 0 Å². The minimum Gasteiger partial charge on any atom is -0.477 e. The molecule has 4 heteroatoms. The van der Waals surface area contributed by atoms with Gasteiger partial charge in [-0.25, -0.2) is 4.79 Å². The molecule has 2 rings (SSSR count). The fourth-order valence-electron chi connectivity index (χ4n) is 2.63. The van der Waals surface area contributed by atoms with Crippen LogP contribution < -0.4 is 0 Å². The van der Waals surface area contributed by atoms with E-state index in [0.717, 1.165) is 24.5 Å². The average molecular weight is 281 g/mol. The van der Waals surface area contributed by atoms with Crippen molar-refractivity contribution in [2.75, 3.05) is 13.1 Å². The van der Waals surface area contributed by atoms with E-state index in [0.29, 0.717) is 10.3 Å². The second-order valence-corrected chi connectivity index (χ2v) is 7.19. The quantitative estimate of drug-likeness (QED) is 0.913. The van der Waals surface area contributed by atoms with Crippen LogP contribution >= 0.6 is 11.3 Å². The molecule has 1 aromatic rings. The first kappa shape index (κ1) is 14.5. The molecule has 1 N–H and O–H groups in total. The molecule has 3 nitrogen and oxygen atoms in total. The summed E-state index contributed by atoms with van der Waals surface area (Å²) in [5.74, 6) is -0.809. The van der Waals surface area contributed by atoms with Gasteiger partial charge in [-0.3, -0.25) is 4.90 Å². The number of hydrogen-bond acceptors (Lipinski definition) is 3. The SMILES string of the molecule is CCC1(C)CCN(Cc2cc(C(=O)O)sc2C)CC1. The number of piperidine rings is 1. The Bertz CT molecular complexity index is 459. The number of thiophene rings is 1. The van der Waals surface area contributed by atoms with Crippen LogP contribution in [0.15, 0.2) is 6.07 Å². The molecule has 0 aliphatic carbocycles. The average Bonchev–Trinajstić information content (AvgIpc) is 2.74. The van der Waals surface area contributed by atoms with Crippen molar-refractivity contribution in [3.63, 3.8) is 0 Å². The Kier molecular flexibility index (Phi) is 4.31. The second-order valence-electron chi connectivity index (χ2n) is 5.94. The molecule has 0 atom stereocenters. The van der Waals surface area contributed by atoms with Crippen molar-refractivity contribution in [3.05, 3.63) is 21.4 Å². The van der Waals surface area contributed by atoms with Gasteiger partial charge in [0.15, 0.2) is 0 Å². The topological polar surface area (TPSA) is 40.5 Å². The molecule has 0 spiro atoms. The predicted molar refractivity (Wildman–Crippen MR) is 78.9 cm³/mol. The van der Waals surface area contributed by atoms with Gasteiger partial charge >= 0.3 is 5.97 Å². The fourth-order valence-corrected chi connectivity index (χ4v) is 3.50. The molecule has 0 unspecified atom stereocenters. The highest BCUT2D eigenvalue weighted by Gasteiger charge is 2.28. The molecule has 1 aliphatic heterocycles. The number of carboxylic acid groups (broad SMARTS) is 1. The van der Waals surface area contributed by atoms with E-state index in [2.05, 4.69) is 18.7 Å². The van der Waals surface area contributed by atoms with Gasteiger partial charge in [-0.15, -0.1) is 11.3 Å². The molecule has 1 aliphatic rings. The summed E-state index contributed by atoms with van der Waals surface area (Å²) in [6.07, 6.45) is 3.75. The Morgan fingerprint density at radius 3 is 2.58 bits per heavy atom. The van der Waals surface area contributed by atoms with Gasteiger partial charge in [0.25, 0.3) is 0 Å². The molecule has 19 heavy (non-hydrogen) atoms. The van der Waals surface area contributed by atoms with Crippen molar-refractivity contribution >= 4 is 17.3 Å². The Balaban J connectivity index is 1.98. The van der Waals surface area contributed by atoms with Gasteiger partial charge in [0.05, 0.1) is 0 Å². The van der Waals surface area contributed by atoms with Crippen LogP contribution in [-0.4, -0.2) is 29.1 Å². The van der Waals surface area contributed by atoms with Gasteiger partial charge in [0.1, 0.15) is 4.88 Å². The van der Waals surface area contributed by atoms with E-state index in [4.69, 9.17) is 5.11 Å². The van der Waals surface area contributed by atoms with Crippen molar-refractivity contribution < 1.29 is 9.90 Å². The number of aryl methyl sites for hydroxylation is 1. The Labute approximate surface area is 119 Å². The number of aromatic carboxylic acids is 1. The zero-order valence-electron chi connectivity index (χ0n) is 12.0. The summed E-state index contributed by atoms with van der Waals surface area (Å²) in [5, 5.41) is 9.03. The first-order chi connectivity index (χ1) is 8.93. The van der Waals surface area contributed by atoms with E-state index in [1.807, 2.05) is 13.0 Å².